The number of rotatable bonds is 7. The van der Waals surface area contributed by atoms with Gasteiger partial charge in [-0.2, -0.15) is 0 Å². The summed E-state index contributed by atoms with van der Waals surface area (Å²) < 4.78 is 0. The van der Waals surface area contributed by atoms with Crippen LogP contribution in [0.15, 0.2) is 0 Å². The summed E-state index contributed by atoms with van der Waals surface area (Å²) in [4.78, 5) is 10.1. The van der Waals surface area contributed by atoms with E-state index in [1.165, 1.54) is 0 Å². The molecule has 0 unspecified atom stereocenters. The van der Waals surface area contributed by atoms with Crippen molar-refractivity contribution in [2.45, 2.75) is 32.6 Å². The fourth-order valence-electron chi connectivity index (χ4n) is 0.828. The van der Waals surface area contributed by atoms with E-state index in [9.17, 15) is 4.79 Å². The standard InChI is InChI=1S/C8H17NO2/c1-2-6-9-7-4-3-5-8(10)11/h9H,2-7H2,1H3,(H,10,11). The molecule has 0 saturated carbocycles. The molecule has 0 amide bonds. The minimum Gasteiger partial charge on any atom is -0.481 e. The molecule has 66 valence electrons. The number of aliphatic carboxylic acids is 1. The maximum absolute atomic E-state index is 10.1. The lowest BCUT2D eigenvalue weighted by Crippen LogP contribution is -2.15. The lowest BCUT2D eigenvalue weighted by atomic mass is 10.2. The van der Waals surface area contributed by atoms with Crippen LogP contribution in [0.1, 0.15) is 32.6 Å². The van der Waals surface area contributed by atoms with E-state index in [0.29, 0.717) is 6.42 Å². The van der Waals surface area contributed by atoms with E-state index >= 15 is 0 Å². The molecule has 0 heterocycles. The number of carboxylic acid groups (broad SMARTS) is 1. The molecule has 0 aliphatic heterocycles. The van der Waals surface area contributed by atoms with Crippen molar-refractivity contribution in [3.63, 3.8) is 0 Å². The summed E-state index contributed by atoms with van der Waals surface area (Å²) in [5.41, 5.74) is 0. The fourth-order valence-corrected chi connectivity index (χ4v) is 0.828. The molecule has 0 fully saturated rings. The molecule has 0 rings (SSSR count). The third kappa shape index (κ3) is 9.43. The first-order chi connectivity index (χ1) is 5.27. The first kappa shape index (κ1) is 10.4. The zero-order chi connectivity index (χ0) is 8.53. The maximum atomic E-state index is 10.1. The normalized spacial score (nSPS) is 9.91. The Kier molecular flexibility index (Phi) is 7.15. The van der Waals surface area contributed by atoms with Crippen molar-refractivity contribution in [2.24, 2.45) is 0 Å². The molecule has 0 bridgehead atoms. The van der Waals surface area contributed by atoms with Crippen molar-refractivity contribution in [3.05, 3.63) is 0 Å². The second kappa shape index (κ2) is 7.54. The van der Waals surface area contributed by atoms with Crippen molar-refractivity contribution in [2.75, 3.05) is 13.1 Å². The number of carboxylic acids is 1. The van der Waals surface area contributed by atoms with Gasteiger partial charge in [0.2, 0.25) is 0 Å². The Labute approximate surface area is 67.8 Å². The second-order valence-corrected chi connectivity index (χ2v) is 2.60. The third-order valence-corrected chi connectivity index (χ3v) is 1.42. The average Bonchev–Trinajstić information content (AvgIpc) is 1.96. The molecule has 3 heteroatoms. The topological polar surface area (TPSA) is 49.3 Å². The van der Waals surface area contributed by atoms with Crippen molar-refractivity contribution >= 4 is 5.97 Å². The van der Waals surface area contributed by atoms with Gasteiger partial charge in [0.1, 0.15) is 0 Å². The van der Waals surface area contributed by atoms with E-state index in [4.69, 9.17) is 5.11 Å². The Hall–Kier alpha value is -0.570. The van der Waals surface area contributed by atoms with E-state index in [1.807, 2.05) is 0 Å². The monoisotopic (exact) mass is 159 g/mol. The first-order valence-electron chi connectivity index (χ1n) is 4.20. The molecule has 0 spiro atoms. The number of hydrogen-bond acceptors (Lipinski definition) is 2. The molecular weight excluding hydrogens is 142 g/mol. The largest absolute Gasteiger partial charge is 0.481 e. The van der Waals surface area contributed by atoms with Gasteiger partial charge in [-0.05, 0) is 32.4 Å². The van der Waals surface area contributed by atoms with E-state index in [2.05, 4.69) is 12.2 Å². The van der Waals surface area contributed by atoms with E-state index in [0.717, 1.165) is 32.4 Å². The van der Waals surface area contributed by atoms with Crippen LogP contribution in [-0.4, -0.2) is 24.2 Å². The molecule has 0 aliphatic rings. The SMILES string of the molecule is CCCNCCCCC(=O)O. The smallest absolute Gasteiger partial charge is 0.303 e. The van der Waals surface area contributed by atoms with Crippen LogP contribution >= 0.6 is 0 Å². The molecule has 0 saturated heterocycles. The van der Waals surface area contributed by atoms with Crippen LogP contribution in [-0.2, 0) is 4.79 Å². The van der Waals surface area contributed by atoms with Crippen molar-refractivity contribution in [1.82, 2.24) is 5.32 Å². The van der Waals surface area contributed by atoms with Gasteiger partial charge in [-0.15, -0.1) is 0 Å². The van der Waals surface area contributed by atoms with Gasteiger partial charge in [-0.3, -0.25) is 4.79 Å². The lowest BCUT2D eigenvalue weighted by Gasteiger charge is -2.00. The summed E-state index contributed by atoms with van der Waals surface area (Å²) in [5, 5.41) is 11.5. The van der Waals surface area contributed by atoms with Crippen LogP contribution in [0.25, 0.3) is 0 Å². The minimum absolute atomic E-state index is 0.299. The molecule has 11 heavy (non-hydrogen) atoms. The van der Waals surface area contributed by atoms with Crippen LogP contribution < -0.4 is 5.32 Å². The zero-order valence-corrected chi connectivity index (χ0v) is 7.10. The van der Waals surface area contributed by atoms with Crippen LogP contribution in [0.2, 0.25) is 0 Å². The molecule has 0 atom stereocenters. The van der Waals surface area contributed by atoms with Gasteiger partial charge in [0, 0.05) is 6.42 Å². The predicted molar refractivity (Wildman–Crippen MR) is 44.6 cm³/mol. The Morgan fingerprint density at radius 2 is 2.09 bits per heavy atom. The molecule has 0 radical (unpaired) electrons. The molecule has 0 aromatic heterocycles. The van der Waals surface area contributed by atoms with Crippen LogP contribution in [0.3, 0.4) is 0 Å². The highest BCUT2D eigenvalue weighted by Gasteiger charge is 1.94. The Balaban J connectivity index is 2.85. The Morgan fingerprint density at radius 3 is 2.64 bits per heavy atom. The first-order valence-corrected chi connectivity index (χ1v) is 4.20. The van der Waals surface area contributed by atoms with Gasteiger partial charge in [0.05, 0.1) is 0 Å². The summed E-state index contributed by atoms with van der Waals surface area (Å²) in [5.74, 6) is -0.694. The van der Waals surface area contributed by atoms with Crippen LogP contribution in [0.5, 0.6) is 0 Å². The maximum Gasteiger partial charge on any atom is 0.303 e. The van der Waals surface area contributed by atoms with Gasteiger partial charge < -0.3 is 10.4 Å². The second-order valence-electron chi connectivity index (χ2n) is 2.60. The van der Waals surface area contributed by atoms with Crippen molar-refractivity contribution < 1.29 is 9.90 Å². The molecule has 0 aliphatic carbocycles. The molecule has 0 aromatic rings. The fraction of sp³-hybridized carbons (Fsp3) is 0.875. The summed E-state index contributed by atoms with van der Waals surface area (Å²) >= 11 is 0. The Bertz CT molecular complexity index is 104. The van der Waals surface area contributed by atoms with Crippen molar-refractivity contribution in [3.8, 4) is 0 Å². The van der Waals surface area contributed by atoms with Crippen LogP contribution in [0.4, 0.5) is 0 Å². The predicted octanol–water partition coefficient (Wildman–Crippen LogP) is 1.24. The van der Waals surface area contributed by atoms with Gasteiger partial charge >= 0.3 is 5.97 Å². The number of carbonyl (C=O) groups is 1. The Morgan fingerprint density at radius 1 is 1.36 bits per heavy atom. The summed E-state index contributed by atoms with van der Waals surface area (Å²) in [6.45, 7) is 4.10. The van der Waals surface area contributed by atoms with Crippen molar-refractivity contribution in [1.29, 1.82) is 0 Å². The highest BCUT2D eigenvalue weighted by Crippen LogP contribution is 1.92. The van der Waals surface area contributed by atoms with Crippen LogP contribution in [0, 0.1) is 0 Å². The van der Waals surface area contributed by atoms with Gasteiger partial charge in [0.15, 0.2) is 0 Å². The molecule has 3 nitrogen and oxygen atoms in total. The van der Waals surface area contributed by atoms with E-state index in [1.54, 1.807) is 0 Å². The third-order valence-electron chi connectivity index (χ3n) is 1.42. The summed E-state index contributed by atoms with van der Waals surface area (Å²) in [7, 11) is 0. The summed E-state index contributed by atoms with van der Waals surface area (Å²) in [6, 6.07) is 0. The average molecular weight is 159 g/mol. The minimum atomic E-state index is -0.694. The highest BCUT2D eigenvalue weighted by atomic mass is 16.4. The van der Waals surface area contributed by atoms with Gasteiger partial charge in [-0.25, -0.2) is 0 Å². The summed E-state index contributed by atoms with van der Waals surface area (Å²) in [6.07, 6.45) is 3.19. The molecule has 0 aromatic carbocycles. The lowest BCUT2D eigenvalue weighted by molar-refractivity contribution is -0.137. The molecule has 2 N–H and O–H groups in total. The van der Waals surface area contributed by atoms with Gasteiger partial charge in [0.25, 0.3) is 0 Å². The zero-order valence-electron chi connectivity index (χ0n) is 7.10. The number of nitrogens with one attached hydrogen (secondary N) is 1. The number of hydrogen-bond donors (Lipinski definition) is 2. The van der Waals surface area contributed by atoms with Gasteiger partial charge in [-0.1, -0.05) is 6.92 Å². The van der Waals surface area contributed by atoms with E-state index < -0.39 is 5.97 Å². The number of unbranched alkanes of at least 4 members (excludes halogenated alkanes) is 1. The van der Waals surface area contributed by atoms with E-state index in [-0.39, 0.29) is 0 Å². The molecular formula is C8H17NO2. The highest BCUT2D eigenvalue weighted by molar-refractivity contribution is 5.66. The quantitative estimate of drug-likeness (QED) is 0.549.